The van der Waals surface area contributed by atoms with E-state index in [2.05, 4.69) is 5.32 Å². The van der Waals surface area contributed by atoms with Gasteiger partial charge in [-0.1, -0.05) is 29.8 Å². The van der Waals surface area contributed by atoms with Crippen molar-refractivity contribution in [3.8, 4) is 6.07 Å². The first-order valence-electron chi connectivity index (χ1n) is 8.06. The van der Waals surface area contributed by atoms with Gasteiger partial charge in [-0.15, -0.1) is 0 Å². The number of carbonyl (C=O) groups is 1. The van der Waals surface area contributed by atoms with Gasteiger partial charge >= 0.3 is 0 Å². The summed E-state index contributed by atoms with van der Waals surface area (Å²) in [5.41, 5.74) is 3.00. The van der Waals surface area contributed by atoms with Gasteiger partial charge in [0.05, 0.1) is 6.61 Å². The van der Waals surface area contributed by atoms with Crippen LogP contribution >= 0.6 is 11.6 Å². The summed E-state index contributed by atoms with van der Waals surface area (Å²) < 4.78 is 0. The lowest BCUT2D eigenvalue weighted by Gasteiger charge is -2.17. The first-order valence-corrected chi connectivity index (χ1v) is 8.44. The summed E-state index contributed by atoms with van der Waals surface area (Å²) in [5, 5.41) is 21.6. The number of nitrogens with one attached hydrogen (secondary N) is 1. The van der Waals surface area contributed by atoms with Crippen LogP contribution in [0.5, 0.6) is 0 Å². The summed E-state index contributed by atoms with van der Waals surface area (Å²) in [6, 6.07) is 14.5. The molecule has 0 aromatic heterocycles. The van der Waals surface area contributed by atoms with E-state index < -0.39 is 5.91 Å². The number of amides is 1. The lowest BCUT2D eigenvalue weighted by molar-refractivity contribution is -0.112. The third-order valence-electron chi connectivity index (χ3n) is 3.96. The minimum absolute atomic E-state index is 0.000776. The monoisotopic (exact) mass is 369 g/mol. The molecule has 0 heterocycles. The normalized spacial score (nSPS) is 11.0. The zero-order valence-corrected chi connectivity index (χ0v) is 15.4. The summed E-state index contributed by atoms with van der Waals surface area (Å²) in [4.78, 5) is 14.3. The maximum Gasteiger partial charge on any atom is 0.266 e. The van der Waals surface area contributed by atoms with Gasteiger partial charge in [-0.25, -0.2) is 0 Å². The minimum Gasteiger partial charge on any atom is -0.395 e. The lowest BCUT2D eigenvalue weighted by Crippen LogP contribution is -2.20. The number of aliphatic hydroxyl groups is 1. The van der Waals surface area contributed by atoms with Gasteiger partial charge in [0.15, 0.2) is 0 Å². The fourth-order valence-electron chi connectivity index (χ4n) is 2.35. The Labute approximate surface area is 158 Å². The first-order chi connectivity index (χ1) is 12.5. The Bertz CT molecular complexity index is 854. The number of aliphatic hydroxyl groups excluding tert-OH is 1. The van der Waals surface area contributed by atoms with Crippen LogP contribution in [-0.4, -0.2) is 31.2 Å². The molecule has 0 atom stereocenters. The van der Waals surface area contributed by atoms with Crippen molar-refractivity contribution in [1.29, 1.82) is 5.26 Å². The van der Waals surface area contributed by atoms with Crippen molar-refractivity contribution in [2.45, 2.75) is 6.92 Å². The molecule has 0 saturated carbocycles. The van der Waals surface area contributed by atoms with Crippen molar-refractivity contribution in [3.63, 3.8) is 0 Å². The highest BCUT2D eigenvalue weighted by atomic mass is 35.5. The number of carbonyl (C=O) groups excluding carboxylic acids is 1. The SMILES string of the molecule is Cc1c(Cl)cccc1NC(=O)/C(C#N)=C/c1ccc(N(C)CCO)cc1. The molecule has 2 N–H and O–H groups in total. The lowest BCUT2D eigenvalue weighted by atomic mass is 10.1. The molecule has 134 valence electrons. The molecule has 0 unspecified atom stereocenters. The van der Waals surface area contributed by atoms with E-state index in [-0.39, 0.29) is 12.2 Å². The van der Waals surface area contributed by atoms with Crippen molar-refractivity contribution in [2.24, 2.45) is 0 Å². The van der Waals surface area contributed by atoms with Gasteiger partial charge in [0, 0.05) is 30.0 Å². The van der Waals surface area contributed by atoms with Gasteiger partial charge in [0.25, 0.3) is 5.91 Å². The van der Waals surface area contributed by atoms with Crippen LogP contribution in [-0.2, 0) is 4.79 Å². The van der Waals surface area contributed by atoms with Gasteiger partial charge in [-0.05, 0) is 48.4 Å². The van der Waals surface area contributed by atoms with Crippen LogP contribution in [0.4, 0.5) is 11.4 Å². The van der Waals surface area contributed by atoms with E-state index in [1.165, 1.54) is 6.08 Å². The van der Waals surface area contributed by atoms with E-state index in [0.29, 0.717) is 17.3 Å². The highest BCUT2D eigenvalue weighted by Crippen LogP contribution is 2.23. The molecule has 0 aliphatic heterocycles. The number of benzene rings is 2. The van der Waals surface area contributed by atoms with Gasteiger partial charge in [-0.2, -0.15) is 5.26 Å². The molecule has 2 rings (SSSR count). The predicted octanol–water partition coefficient (Wildman–Crippen LogP) is 3.62. The highest BCUT2D eigenvalue weighted by molar-refractivity contribution is 6.31. The number of hydrogen-bond acceptors (Lipinski definition) is 4. The van der Waals surface area contributed by atoms with Crippen LogP contribution in [0.25, 0.3) is 6.08 Å². The Morgan fingerprint density at radius 2 is 2.00 bits per heavy atom. The second-order valence-corrected chi connectivity index (χ2v) is 6.18. The average molecular weight is 370 g/mol. The number of rotatable bonds is 6. The van der Waals surface area contributed by atoms with Crippen LogP contribution in [0.1, 0.15) is 11.1 Å². The molecule has 1 amide bonds. The van der Waals surface area contributed by atoms with Crippen molar-refractivity contribution in [3.05, 3.63) is 64.2 Å². The van der Waals surface area contributed by atoms with Crippen LogP contribution in [0.3, 0.4) is 0 Å². The second-order valence-electron chi connectivity index (χ2n) is 5.77. The van der Waals surface area contributed by atoms with E-state index >= 15 is 0 Å². The fourth-order valence-corrected chi connectivity index (χ4v) is 2.53. The van der Waals surface area contributed by atoms with Crippen LogP contribution in [0.2, 0.25) is 5.02 Å². The van der Waals surface area contributed by atoms with Crippen LogP contribution in [0.15, 0.2) is 48.0 Å². The number of nitrogens with zero attached hydrogens (tertiary/aromatic N) is 2. The number of halogens is 1. The zero-order chi connectivity index (χ0) is 19.1. The summed E-state index contributed by atoms with van der Waals surface area (Å²) >= 11 is 6.05. The van der Waals surface area contributed by atoms with Crippen molar-refractivity contribution >= 4 is 35.0 Å². The van der Waals surface area contributed by atoms with Gasteiger partial charge in [-0.3, -0.25) is 4.79 Å². The molecule has 0 fully saturated rings. The van der Waals surface area contributed by atoms with Crippen molar-refractivity contribution < 1.29 is 9.90 Å². The van der Waals surface area contributed by atoms with Crippen LogP contribution < -0.4 is 10.2 Å². The number of hydrogen-bond donors (Lipinski definition) is 2. The Hall–Kier alpha value is -2.81. The van der Waals surface area contributed by atoms with Crippen molar-refractivity contribution in [1.82, 2.24) is 0 Å². The van der Waals surface area contributed by atoms with Crippen molar-refractivity contribution in [2.75, 3.05) is 30.4 Å². The largest absolute Gasteiger partial charge is 0.395 e. The Morgan fingerprint density at radius 1 is 1.31 bits per heavy atom. The summed E-state index contributed by atoms with van der Waals surface area (Å²) in [5.74, 6) is -0.487. The molecule has 0 radical (unpaired) electrons. The third kappa shape index (κ3) is 4.85. The molecular weight excluding hydrogens is 350 g/mol. The highest BCUT2D eigenvalue weighted by Gasteiger charge is 2.12. The Balaban J connectivity index is 2.18. The third-order valence-corrected chi connectivity index (χ3v) is 4.37. The maximum atomic E-state index is 12.4. The number of anilines is 2. The fraction of sp³-hybridized carbons (Fsp3) is 0.200. The number of nitriles is 1. The van der Waals surface area contributed by atoms with E-state index in [0.717, 1.165) is 16.8 Å². The molecule has 0 spiro atoms. The molecule has 2 aromatic carbocycles. The molecule has 5 nitrogen and oxygen atoms in total. The summed E-state index contributed by atoms with van der Waals surface area (Å²) in [6.07, 6.45) is 1.53. The molecule has 0 bridgehead atoms. The molecule has 0 saturated heterocycles. The zero-order valence-electron chi connectivity index (χ0n) is 14.7. The smallest absolute Gasteiger partial charge is 0.266 e. The van der Waals surface area contributed by atoms with Gasteiger partial charge < -0.3 is 15.3 Å². The topological polar surface area (TPSA) is 76.4 Å². The average Bonchev–Trinajstić information content (AvgIpc) is 2.64. The second kappa shape index (κ2) is 9.04. The Kier molecular flexibility index (Phi) is 6.79. The molecule has 0 aliphatic carbocycles. The van der Waals surface area contributed by atoms with E-state index in [9.17, 15) is 10.1 Å². The minimum atomic E-state index is -0.487. The van der Waals surface area contributed by atoms with Gasteiger partial charge in [0.1, 0.15) is 11.6 Å². The number of likely N-dealkylation sites (N-methyl/N-ethyl adjacent to an activating group) is 1. The van der Waals surface area contributed by atoms with Gasteiger partial charge in [0.2, 0.25) is 0 Å². The maximum absolute atomic E-state index is 12.4. The standard InChI is InChI=1S/C20H20ClN3O2/c1-14-18(21)4-3-5-19(14)23-20(26)16(13-22)12-15-6-8-17(9-7-15)24(2)10-11-25/h3-9,12,25H,10-11H2,1-2H3,(H,23,26)/b16-12+. The molecule has 6 heteroatoms. The predicted molar refractivity (Wildman–Crippen MR) is 105 cm³/mol. The van der Waals surface area contributed by atoms with E-state index in [1.807, 2.05) is 42.3 Å². The van der Waals surface area contributed by atoms with Crippen LogP contribution in [0, 0.1) is 18.3 Å². The molecule has 0 aliphatic rings. The summed E-state index contributed by atoms with van der Waals surface area (Å²) in [7, 11) is 1.88. The quantitative estimate of drug-likeness (QED) is 0.602. The Morgan fingerprint density at radius 3 is 2.62 bits per heavy atom. The van der Waals surface area contributed by atoms with E-state index in [1.54, 1.807) is 25.1 Å². The molecular formula is C20H20ClN3O2. The van der Waals surface area contributed by atoms with E-state index in [4.69, 9.17) is 16.7 Å². The first kappa shape index (κ1) is 19.5. The molecule has 26 heavy (non-hydrogen) atoms. The molecule has 2 aromatic rings. The summed E-state index contributed by atoms with van der Waals surface area (Å²) in [6.45, 7) is 2.40.